The first kappa shape index (κ1) is 12.3. The van der Waals surface area contributed by atoms with Crippen LogP contribution in [-0.2, 0) is 4.79 Å². The fourth-order valence-electron chi connectivity index (χ4n) is 1.57. The molecule has 0 radical (unpaired) electrons. The number of hydrogen-bond donors (Lipinski definition) is 1. The van der Waals surface area contributed by atoms with Gasteiger partial charge in [-0.15, -0.1) is 8.78 Å². The van der Waals surface area contributed by atoms with Crippen molar-refractivity contribution in [2.24, 2.45) is 0 Å². The Morgan fingerprint density at radius 3 is 2.67 bits per heavy atom. The highest BCUT2D eigenvalue weighted by Gasteiger charge is 2.43. The molecule has 1 N–H and O–H groups in total. The van der Waals surface area contributed by atoms with E-state index in [0.29, 0.717) is 11.1 Å². The van der Waals surface area contributed by atoms with Crippen molar-refractivity contribution in [2.75, 3.05) is 7.05 Å². The maximum atomic E-state index is 12.8. The van der Waals surface area contributed by atoms with Crippen LogP contribution in [0.1, 0.15) is 12.5 Å². The zero-order valence-electron chi connectivity index (χ0n) is 9.79. The average Bonchev–Trinajstić information content (AvgIpc) is 2.61. The van der Waals surface area contributed by atoms with Crippen molar-refractivity contribution in [1.29, 1.82) is 0 Å². The SMILES string of the molecule is CNC(=O)/C(C)=C/c1ccc2c(c1)OC(F)(F)O2. The summed E-state index contributed by atoms with van der Waals surface area (Å²) in [4.78, 5) is 11.3. The van der Waals surface area contributed by atoms with E-state index < -0.39 is 6.29 Å². The Balaban J connectivity index is 2.27. The summed E-state index contributed by atoms with van der Waals surface area (Å²) in [6.07, 6.45) is -2.06. The first-order valence-electron chi connectivity index (χ1n) is 5.21. The fraction of sp³-hybridized carbons (Fsp3) is 0.250. The smallest absolute Gasteiger partial charge is 0.395 e. The molecule has 1 heterocycles. The molecule has 0 atom stereocenters. The summed E-state index contributed by atoms with van der Waals surface area (Å²) in [6, 6.07) is 4.33. The first-order valence-corrected chi connectivity index (χ1v) is 5.21. The van der Waals surface area contributed by atoms with E-state index in [2.05, 4.69) is 14.8 Å². The molecule has 1 aromatic rings. The Kier molecular flexibility index (Phi) is 2.94. The zero-order valence-corrected chi connectivity index (χ0v) is 9.79. The number of carbonyl (C=O) groups excluding carboxylic acids is 1. The van der Waals surface area contributed by atoms with E-state index in [9.17, 15) is 13.6 Å². The zero-order chi connectivity index (χ0) is 13.3. The average molecular weight is 255 g/mol. The van der Waals surface area contributed by atoms with Crippen LogP contribution in [0.25, 0.3) is 6.08 Å². The molecule has 2 rings (SSSR count). The van der Waals surface area contributed by atoms with E-state index in [1.165, 1.54) is 19.2 Å². The van der Waals surface area contributed by atoms with Crippen LogP contribution in [0.4, 0.5) is 8.78 Å². The number of nitrogens with one attached hydrogen (secondary N) is 1. The van der Waals surface area contributed by atoms with Crippen molar-refractivity contribution in [2.45, 2.75) is 13.2 Å². The van der Waals surface area contributed by atoms with Crippen molar-refractivity contribution in [3.05, 3.63) is 29.3 Å². The molecule has 0 aromatic heterocycles. The summed E-state index contributed by atoms with van der Waals surface area (Å²) in [5.74, 6) is -0.300. The minimum Gasteiger partial charge on any atom is -0.395 e. The van der Waals surface area contributed by atoms with Gasteiger partial charge in [-0.3, -0.25) is 4.79 Å². The highest BCUT2D eigenvalue weighted by molar-refractivity contribution is 5.97. The number of ether oxygens (including phenoxy) is 2. The Morgan fingerprint density at radius 1 is 1.33 bits per heavy atom. The molecule has 18 heavy (non-hydrogen) atoms. The molecule has 96 valence electrons. The van der Waals surface area contributed by atoms with E-state index in [1.54, 1.807) is 19.1 Å². The Bertz CT molecular complexity index is 526. The number of benzene rings is 1. The third kappa shape index (κ3) is 2.42. The highest BCUT2D eigenvalue weighted by Crippen LogP contribution is 2.41. The lowest BCUT2D eigenvalue weighted by atomic mass is 10.1. The summed E-state index contributed by atoms with van der Waals surface area (Å²) < 4.78 is 34.2. The van der Waals surface area contributed by atoms with Gasteiger partial charge in [0.25, 0.3) is 0 Å². The lowest BCUT2D eigenvalue weighted by Gasteiger charge is -2.04. The number of amides is 1. The Hall–Kier alpha value is -2.11. The molecule has 1 amide bonds. The van der Waals surface area contributed by atoms with Crippen molar-refractivity contribution >= 4 is 12.0 Å². The summed E-state index contributed by atoms with van der Waals surface area (Å²) in [5.41, 5.74) is 1.04. The molecule has 1 aromatic carbocycles. The van der Waals surface area contributed by atoms with Gasteiger partial charge in [0.1, 0.15) is 0 Å². The summed E-state index contributed by atoms with van der Waals surface area (Å²) >= 11 is 0. The third-order valence-corrected chi connectivity index (χ3v) is 2.39. The molecule has 0 saturated heterocycles. The number of rotatable bonds is 2. The van der Waals surface area contributed by atoms with Gasteiger partial charge in [0.05, 0.1) is 0 Å². The number of hydrogen-bond acceptors (Lipinski definition) is 3. The lowest BCUT2D eigenvalue weighted by Crippen LogP contribution is -2.25. The normalized spacial score (nSPS) is 16.6. The van der Waals surface area contributed by atoms with Gasteiger partial charge in [-0.1, -0.05) is 6.07 Å². The molecule has 4 nitrogen and oxygen atoms in total. The topological polar surface area (TPSA) is 47.6 Å². The highest BCUT2D eigenvalue weighted by atomic mass is 19.3. The first-order chi connectivity index (χ1) is 8.41. The number of halogens is 2. The second-order valence-electron chi connectivity index (χ2n) is 3.78. The maximum Gasteiger partial charge on any atom is 0.586 e. The van der Waals surface area contributed by atoms with Crippen LogP contribution in [0.2, 0.25) is 0 Å². The van der Waals surface area contributed by atoms with Crippen LogP contribution in [-0.4, -0.2) is 19.2 Å². The molecule has 0 unspecified atom stereocenters. The van der Waals surface area contributed by atoms with Gasteiger partial charge in [0.15, 0.2) is 11.5 Å². The van der Waals surface area contributed by atoms with E-state index in [0.717, 1.165) is 0 Å². The van der Waals surface area contributed by atoms with Crippen LogP contribution in [0.3, 0.4) is 0 Å². The van der Waals surface area contributed by atoms with Crippen molar-refractivity contribution in [3.8, 4) is 11.5 Å². The van der Waals surface area contributed by atoms with E-state index in [4.69, 9.17) is 0 Å². The van der Waals surface area contributed by atoms with Crippen molar-refractivity contribution in [1.82, 2.24) is 5.32 Å². The number of fused-ring (bicyclic) bond motifs is 1. The summed E-state index contributed by atoms with van der Waals surface area (Å²) in [7, 11) is 1.51. The summed E-state index contributed by atoms with van der Waals surface area (Å²) in [5, 5.41) is 2.47. The van der Waals surface area contributed by atoms with E-state index in [-0.39, 0.29) is 17.4 Å². The molecule has 0 bridgehead atoms. The van der Waals surface area contributed by atoms with Crippen LogP contribution >= 0.6 is 0 Å². The quantitative estimate of drug-likeness (QED) is 0.824. The maximum absolute atomic E-state index is 12.8. The molecule has 0 aliphatic carbocycles. The van der Waals surface area contributed by atoms with Crippen LogP contribution in [0, 0.1) is 0 Å². The van der Waals surface area contributed by atoms with Gasteiger partial charge in [-0.25, -0.2) is 0 Å². The molecule has 0 spiro atoms. The second kappa shape index (κ2) is 4.29. The van der Waals surface area contributed by atoms with Crippen LogP contribution < -0.4 is 14.8 Å². The summed E-state index contributed by atoms with van der Waals surface area (Å²) in [6.45, 7) is 1.62. The predicted molar refractivity (Wildman–Crippen MR) is 60.4 cm³/mol. The van der Waals surface area contributed by atoms with Crippen LogP contribution in [0.5, 0.6) is 11.5 Å². The standard InChI is InChI=1S/C12H11F2NO3/c1-7(11(16)15-2)5-8-3-4-9-10(6-8)18-12(13,14)17-9/h3-6H,1-2H3,(H,15,16)/b7-5+. The van der Waals surface area contributed by atoms with Gasteiger partial charge in [-0.2, -0.15) is 0 Å². The minimum atomic E-state index is -3.62. The molecule has 6 heteroatoms. The molecular weight excluding hydrogens is 244 g/mol. The van der Waals surface area contributed by atoms with Gasteiger partial charge in [0, 0.05) is 12.6 Å². The van der Waals surface area contributed by atoms with E-state index >= 15 is 0 Å². The largest absolute Gasteiger partial charge is 0.586 e. The molecule has 0 saturated carbocycles. The van der Waals surface area contributed by atoms with Crippen molar-refractivity contribution < 1.29 is 23.0 Å². The number of carbonyl (C=O) groups is 1. The number of alkyl halides is 2. The fourth-order valence-corrected chi connectivity index (χ4v) is 1.57. The minimum absolute atomic E-state index is 0.0188. The molecule has 1 aliphatic heterocycles. The predicted octanol–water partition coefficient (Wildman–Crippen LogP) is 2.16. The monoisotopic (exact) mass is 255 g/mol. The van der Waals surface area contributed by atoms with Crippen LogP contribution in [0.15, 0.2) is 23.8 Å². The van der Waals surface area contributed by atoms with Gasteiger partial charge < -0.3 is 14.8 Å². The van der Waals surface area contributed by atoms with Gasteiger partial charge >= 0.3 is 6.29 Å². The second-order valence-corrected chi connectivity index (χ2v) is 3.78. The molecular formula is C12H11F2NO3. The Labute approximate surface area is 102 Å². The van der Waals surface area contributed by atoms with Crippen molar-refractivity contribution in [3.63, 3.8) is 0 Å². The third-order valence-electron chi connectivity index (χ3n) is 2.39. The van der Waals surface area contributed by atoms with Gasteiger partial charge in [0.2, 0.25) is 5.91 Å². The van der Waals surface area contributed by atoms with E-state index in [1.807, 2.05) is 0 Å². The van der Waals surface area contributed by atoms with Gasteiger partial charge in [-0.05, 0) is 30.7 Å². The Morgan fingerprint density at radius 2 is 2.00 bits per heavy atom. The lowest BCUT2D eigenvalue weighted by molar-refractivity contribution is -0.286. The number of likely N-dealkylation sites (N-methyl/N-ethyl adjacent to an activating group) is 1. The molecule has 0 fully saturated rings. The molecule has 1 aliphatic rings.